The molecule has 3 nitrogen and oxygen atoms in total. The van der Waals surface area contributed by atoms with Crippen molar-refractivity contribution in [2.75, 3.05) is 12.4 Å². The number of nitrogens with zero attached hydrogens (tertiary/aromatic N) is 2. The van der Waals surface area contributed by atoms with Crippen LogP contribution in [0.2, 0.25) is 0 Å². The Morgan fingerprint density at radius 1 is 1.11 bits per heavy atom. The quantitative estimate of drug-likeness (QED) is 0.891. The van der Waals surface area contributed by atoms with E-state index in [1.807, 2.05) is 19.2 Å². The van der Waals surface area contributed by atoms with Crippen LogP contribution in [-0.4, -0.2) is 17.2 Å². The molecule has 0 spiro atoms. The van der Waals surface area contributed by atoms with Crippen molar-refractivity contribution in [2.45, 2.75) is 25.2 Å². The summed E-state index contributed by atoms with van der Waals surface area (Å²) in [6.45, 7) is 0. The van der Waals surface area contributed by atoms with Crippen LogP contribution < -0.4 is 5.32 Å². The summed E-state index contributed by atoms with van der Waals surface area (Å²) in [6, 6.07) is 12.7. The van der Waals surface area contributed by atoms with Crippen molar-refractivity contribution in [3.8, 4) is 11.3 Å². The Labute approximate surface area is 107 Å². The van der Waals surface area contributed by atoms with Gasteiger partial charge in [0, 0.05) is 12.6 Å². The molecule has 0 amide bonds. The number of hydrogen-bond donors (Lipinski definition) is 1. The summed E-state index contributed by atoms with van der Waals surface area (Å²) in [6.07, 6.45) is 4.02. The fraction of sp³-hybridized carbons (Fsp3) is 0.333. The van der Waals surface area contributed by atoms with Gasteiger partial charge >= 0.3 is 0 Å². The van der Waals surface area contributed by atoms with E-state index in [0.717, 1.165) is 23.0 Å². The molecule has 0 aliphatic heterocycles. The van der Waals surface area contributed by atoms with Crippen molar-refractivity contribution < 1.29 is 0 Å². The van der Waals surface area contributed by atoms with E-state index >= 15 is 0 Å². The van der Waals surface area contributed by atoms with Crippen LogP contribution in [0.5, 0.6) is 0 Å². The first-order chi connectivity index (χ1) is 8.86. The van der Waals surface area contributed by atoms with E-state index in [9.17, 15) is 0 Å². The molecule has 0 saturated heterocycles. The lowest BCUT2D eigenvalue weighted by molar-refractivity contribution is 0.420. The van der Waals surface area contributed by atoms with E-state index in [-0.39, 0.29) is 0 Å². The normalized spacial score (nSPS) is 15.2. The van der Waals surface area contributed by atoms with Gasteiger partial charge in [-0.2, -0.15) is 0 Å². The van der Waals surface area contributed by atoms with Gasteiger partial charge in [0.1, 0.15) is 5.82 Å². The second-order valence-electron chi connectivity index (χ2n) is 4.81. The fourth-order valence-electron chi connectivity index (χ4n) is 2.31. The third-order valence-electron chi connectivity index (χ3n) is 3.68. The van der Waals surface area contributed by atoms with Crippen molar-refractivity contribution in [1.29, 1.82) is 0 Å². The molecule has 1 aromatic heterocycles. The molecular weight excluding hydrogens is 222 g/mol. The van der Waals surface area contributed by atoms with Crippen LogP contribution in [0.3, 0.4) is 0 Å². The Morgan fingerprint density at radius 2 is 2.00 bits per heavy atom. The molecule has 92 valence electrons. The number of anilines is 1. The molecule has 0 atom stereocenters. The van der Waals surface area contributed by atoms with Crippen LogP contribution in [-0.2, 0) is 0 Å². The van der Waals surface area contributed by atoms with Crippen molar-refractivity contribution in [2.24, 2.45) is 0 Å². The highest BCUT2D eigenvalue weighted by atomic mass is 15.2. The molecule has 1 aliphatic carbocycles. The first-order valence-electron chi connectivity index (χ1n) is 6.48. The zero-order valence-corrected chi connectivity index (χ0v) is 10.6. The molecule has 1 N–H and O–H groups in total. The summed E-state index contributed by atoms with van der Waals surface area (Å²) >= 11 is 0. The number of benzene rings is 1. The Morgan fingerprint density at radius 3 is 2.61 bits per heavy atom. The molecule has 2 aromatic rings. The SMILES string of the molecule is CNc1ccc(-c2cccc(C3CCC3)c2)nn1. The molecule has 18 heavy (non-hydrogen) atoms. The third-order valence-corrected chi connectivity index (χ3v) is 3.68. The predicted octanol–water partition coefficient (Wildman–Crippen LogP) is 3.45. The lowest BCUT2D eigenvalue weighted by Crippen LogP contribution is -2.08. The number of aromatic nitrogens is 2. The highest BCUT2D eigenvalue weighted by Crippen LogP contribution is 2.37. The number of rotatable bonds is 3. The van der Waals surface area contributed by atoms with E-state index in [1.165, 1.54) is 24.8 Å². The van der Waals surface area contributed by atoms with Gasteiger partial charge < -0.3 is 5.32 Å². The third kappa shape index (κ3) is 2.08. The lowest BCUT2D eigenvalue weighted by Gasteiger charge is -2.26. The average molecular weight is 239 g/mol. The number of nitrogens with one attached hydrogen (secondary N) is 1. The Hall–Kier alpha value is -1.90. The topological polar surface area (TPSA) is 37.8 Å². The van der Waals surface area contributed by atoms with E-state index in [4.69, 9.17) is 0 Å². The van der Waals surface area contributed by atoms with Gasteiger partial charge in [-0.15, -0.1) is 10.2 Å². The summed E-state index contributed by atoms with van der Waals surface area (Å²) in [7, 11) is 1.85. The van der Waals surface area contributed by atoms with Gasteiger partial charge in [0.25, 0.3) is 0 Å². The summed E-state index contributed by atoms with van der Waals surface area (Å²) in [4.78, 5) is 0. The Kier molecular flexibility index (Phi) is 2.97. The zero-order chi connectivity index (χ0) is 12.4. The van der Waals surface area contributed by atoms with Crippen molar-refractivity contribution in [1.82, 2.24) is 10.2 Å². The molecule has 3 rings (SSSR count). The van der Waals surface area contributed by atoms with E-state index < -0.39 is 0 Å². The average Bonchev–Trinajstić information content (AvgIpc) is 2.37. The first-order valence-corrected chi connectivity index (χ1v) is 6.48. The first kappa shape index (κ1) is 11.2. The lowest BCUT2D eigenvalue weighted by atomic mass is 9.79. The summed E-state index contributed by atoms with van der Waals surface area (Å²) in [5, 5.41) is 11.4. The molecule has 0 radical (unpaired) electrons. The van der Waals surface area contributed by atoms with Crippen LogP contribution in [0.4, 0.5) is 5.82 Å². The number of hydrogen-bond acceptors (Lipinski definition) is 3. The molecule has 1 aliphatic rings. The Balaban J connectivity index is 1.90. The highest BCUT2D eigenvalue weighted by molar-refractivity contribution is 5.60. The van der Waals surface area contributed by atoms with E-state index in [1.54, 1.807) is 0 Å². The predicted molar refractivity (Wildman–Crippen MR) is 73.6 cm³/mol. The molecule has 1 saturated carbocycles. The second kappa shape index (κ2) is 4.77. The molecule has 1 aromatic carbocycles. The van der Waals surface area contributed by atoms with Crippen molar-refractivity contribution in [3.05, 3.63) is 42.0 Å². The second-order valence-corrected chi connectivity index (χ2v) is 4.81. The van der Waals surface area contributed by atoms with Crippen LogP contribution in [0.1, 0.15) is 30.7 Å². The van der Waals surface area contributed by atoms with E-state index in [2.05, 4.69) is 39.8 Å². The maximum atomic E-state index is 4.25. The van der Waals surface area contributed by atoms with Gasteiger partial charge in [-0.1, -0.05) is 24.6 Å². The Bertz CT molecular complexity index is 530. The maximum Gasteiger partial charge on any atom is 0.148 e. The minimum absolute atomic E-state index is 0.759. The van der Waals surface area contributed by atoms with Gasteiger partial charge in [0.2, 0.25) is 0 Å². The molecule has 1 fully saturated rings. The summed E-state index contributed by atoms with van der Waals surface area (Å²) in [5.74, 6) is 1.56. The summed E-state index contributed by atoms with van der Waals surface area (Å²) < 4.78 is 0. The summed E-state index contributed by atoms with van der Waals surface area (Å²) in [5.41, 5.74) is 3.54. The van der Waals surface area contributed by atoms with Gasteiger partial charge in [0.15, 0.2) is 0 Å². The minimum atomic E-state index is 0.759. The molecule has 1 heterocycles. The molecule has 0 unspecified atom stereocenters. The zero-order valence-electron chi connectivity index (χ0n) is 10.6. The standard InChI is InChI=1S/C15H17N3/c1-16-15-9-8-14(17-18-15)13-7-3-6-12(10-13)11-4-2-5-11/h3,6-11H,2,4-5H2,1H3,(H,16,18). The maximum absolute atomic E-state index is 4.25. The van der Waals surface area contributed by atoms with Crippen molar-refractivity contribution in [3.63, 3.8) is 0 Å². The molecule has 0 bridgehead atoms. The fourth-order valence-corrected chi connectivity index (χ4v) is 2.31. The van der Waals surface area contributed by atoms with Crippen molar-refractivity contribution >= 4 is 5.82 Å². The minimum Gasteiger partial charge on any atom is -0.372 e. The van der Waals surface area contributed by atoms with Crippen LogP contribution in [0.15, 0.2) is 36.4 Å². The van der Waals surface area contributed by atoms with Gasteiger partial charge in [-0.3, -0.25) is 0 Å². The monoisotopic (exact) mass is 239 g/mol. The van der Waals surface area contributed by atoms with Crippen LogP contribution in [0.25, 0.3) is 11.3 Å². The van der Waals surface area contributed by atoms with Crippen LogP contribution >= 0.6 is 0 Å². The van der Waals surface area contributed by atoms with Gasteiger partial charge in [-0.25, -0.2) is 0 Å². The smallest absolute Gasteiger partial charge is 0.148 e. The molecule has 3 heteroatoms. The van der Waals surface area contributed by atoms with Crippen LogP contribution in [0, 0.1) is 0 Å². The molecular formula is C15H17N3. The largest absolute Gasteiger partial charge is 0.372 e. The van der Waals surface area contributed by atoms with Gasteiger partial charge in [0.05, 0.1) is 5.69 Å². The van der Waals surface area contributed by atoms with Gasteiger partial charge in [-0.05, 0) is 42.5 Å². The van der Waals surface area contributed by atoms with E-state index in [0.29, 0.717) is 0 Å². The highest BCUT2D eigenvalue weighted by Gasteiger charge is 2.19.